The number of anilines is 2. The molecule has 8 heteroatoms. The molecule has 4 aromatic carbocycles. The number of carbonyl (C=O) groups excluding carboxylic acids is 2. The van der Waals surface area contributed by atoms with E-state index in [1.807, 2.05) is 66.7 Å². The zero-order valence-electron chi connectivity index (χ0n) is 20.0. The number of thioether (sulfide) groups is 1. The van der Waals surface area contributed by atoms with Crippen molar-refractivity contribution in [2.24, 2.45) is 0 Å². The third-order valence-corrected chi connectivity index (χ3v) is 6.73. The number of hydrogen-bond donors (Lipinski definition) is 2. The summed E-state index contributed by atoms with van der Waals surface area (Å²) in [6.45, 7) is -0.113. The topological polar surface area (TPSA) is 76.7 Å². The molecule has 188 valence electrons. The maximum atomic E-state index is 13.5. The third kappa shape index (κ3) is 7.52. The second-order valence-corrected chi connectivity index (χ2v) is 9.54. The lowest BCUT2D eigenvalue weighted by Gasteiger charge is -2.19. The van der Waals surface area contributed by atoms with Crippen LogP contribution in [-0.4, -0.2) is 25.5 Å². The highest BCUT2D eigenvalue weighted by Crippen LogP contribution is 2.38. The van der Waals surface area contributed by atoms with Crippen LogP contribution in [0.5, 0.6) is 11.5 Å². The highest BCUT2D eigenvalue weighted by molar-refractivity contribution is 8.00. The van der Waals surface area contributed by atoms with Gasteiger partial charge in [0.25, 0.3) is 5.91 Å². The molecule has 37 heavy (non-hydrogen) atoms. The normalized spacial score (nSPS) is 11.3. The summed E-state index contributed by atoms with van der Waals surface area (Å²) >= 11 is 7.51. The highest BCUT2D eigenvalue weighted by Gasteiger charge is 2.23. The Morgan fingerprint density at radius 1 is 0.865 bits per heavy atom. The van der Waals surface area contributed by atoms with Crippen LogP contribution >= 0.6 is 23.4 Å². The zero-order valence-corrected chi connectivity index (χ0v) is 21.6. The van der Waals surface area contributed by atoms with Gasteiger partial charge in [0, 0.05) is 15.6 Å². The van der Waals surface area contributed by atoms with Gasteiger partial charge in [-0.3, -0.25) is 9.59 Å². The van der Waals surface area contributed by atoms with Crippen molar-refractivity contribution < 1.29 is 19.1 Å². The first-order valence-electron chi connectivity index (χ1n) is 11.5. The molecule has 0 fully saturated rings. The van der Waals surface area contributed by atoms with Crippen LogP contribution in [0.4, 0.5) is 11.4 Å². The Kier molecular flexibility index (Phi) is 9.08. The predicted molar refractivity (Wildman–Crippen MR) is 149 cm³/mol. The molecule has 0 aromatic heterocycles. The highest BCUT2D eigenvalue weighted by atomic mass is 35.5. The SMILES string of the molecule is COc1ccc(Cl)cc1NC(=O)C(Sc1cccc(NC(=O)COc2ccccc2)c1)c1ccccc1. The molecule has 0 bridgehead atoms. The molecular weight excluding hydrogens is 508 g/mol. The molecule has 4 aromatic rings. The number of hydrogen-bond acceptors (Lipinski definition) is 5. The number of para-hydroxylation sites is 1. The van der Waals surface area contributed by atoms with Gasteiger partial charge in [-0.05, 0) is 54.1 Å². The van der Waals surface area contributed by atoms with Crippen molar-refractivity contribution in [1.82, 2.24) is 0 Å². The van der Waals surface area contributed by atoms with Crippen molar-refractivity contribution in [3.8, 4) is 11.5 Å². The van der Waals surface area contributed by atoms with E-state index in [2.05, 4.69) is 10.6 Å². The van der Waals surface area contributed by atoms with Crippen LogP contribution in [0, 0.1) is 0 Å². The maximum Gasteiger partial charge on any atom is 0.262 e. The zero-order chi connectivity index (χ0) is 26.0. The lowest BCUT2D eigenvalue weighted by Crippen LogP contribution is -2.20. The first-order chi connectivity index (χ1) is 18.0. The second kappa shape index (κ2) is 12.9. The van der Waals surface area contributed by atoms with Gasteiger partial charge in [-0.2, -0.15) is 0 Å². The van der Waals surface area contributed by atoms with Gasteiger partial charge >= 0.3 is 0 Å². The van der Waals surface area contributed by atoms with Crippen molar-refractivity contribution in [3.05, 3.63) is 114 Å². The number of halogens is 1. The molecular formula is C29H25ClN2O4S. The molecule has 1 unspecified atom stereocenters. The average molecular weight is 533 g/mol. The Bertz CT molecular complexity index is 1350. The number of rotatable bonds is 10. The van der Waals surface area contributed by atoms with E-state index in [0.717, 1.165) is 10.5 Å². The summed E-state index contributed by atoms with van der Waals surface area (Å²) < 4.78 is 10.9. The van der Waals surface area contributed by atoms with Gasteiger partial charge in [0.15, 0.2) is 6.61 Å². The van der Waals surface area contributed by atoms with Crippen molar-refractivity contribution in [2.45, 2.75) is 10.1 Å². The van der Waals surface area contributed by atoms with E-state index >= 15 is 0 Å². The Labute approximate surface area is 225 Å². The van der Waals surface area contributed by atoms with Gasteiger partial charge in [0.1, 0.15) is 16.7 Å². The van der Waals surface area contributed by atoms with E-state index in [0.29, 0.717) is 27.9 Å². The largest absolute Gasteiger partial charge is 0.495 e. The lowest BCUT2D eigenvalue weighted by molar-refractivity contribution is -0.118. The number of benzene rings is 4. The van der Waals surface area contributed by atoms with Crippen molar-refractivity contribution >= 4 is 46.6 Å². The second-order valence-electron chi connectivity index (χ2n) is 7.92. The maximum absolute atomic E-state index is 13.5. The van der Waals surface area contributed by atoms with Crippen molar-refractivity contribution in [3.63, 3.8) is 0 Å². The molecule has 0 radical (unpaired) electrons. The van der Waals surface area contributed by atoms with Gasteiger partial charge in [-0.15, -0.1) is 11.8 Å². The van der Waals surface area contributed by atoms with Crippen LogP contribution in [-0.2, 0) is 9.59 Å². The summed E-state index contributed by atoms with van der Waals surface area (Å²) in [5.74, 6) is 0.617. The minimum absolute atomic E-state index is 0.113. The molecule has 1 atom stereocenters. The van der Waals surface area contributed by atoms with E-state index in [1.54, 1.807) is 36.4 Å². The molecule has 0 aliphatic rings. The van der Waals surface area contributed by atoms with Crippen LogP contribution in [0.2, 0.25) is 5.02 Å². The molecule has 0 aliphatic heterocycles. The van der Waals surface area contributed by atoms with E-state index in [9.17, 15) is 9.59 Å². The fourth-order valence-electron chi connectivity index (χ4n) is 3.52. The number of methoxy groups -OCH3 is 1. The summed E-state index contributed by atoms with van der Waals surface area (Å²) in [6, 6.07) is 31.0. The molecule has 0 saturated carbocycles. The first kappa shape index (κ1) is 26.1. The first-order valence-corrected chi connectivity index (χ1v) is 12.7. The fraction of sp³-hybridized carbons (Fsp3) is 0.103. The van der Waals surface area contributed by atoms with Crippen LogP contribution < -0.4 is 20.1 Å². The molecule has 0 saturated heterocycles. The Morgan fingerprint density at radius 3 is 2.32 bits per heavy atom. The summed E-state index contributed by atoms with van der Waals surface area (Å²) in [5.41, 5.74) is 1.92. The van der Waals surface area contributed by atoms with E-state index < -0.39 is 5.25 Å². The number of amides is 2. The van der Waals surface area contributed by atoms with Crippen LogP contribution in [0.25, 0.3) is 0 Å². The van der Waals surface area contributed by atoms with E-state index in [-0.39, 0.29) is 18.4 Å². The average Bonchev–Trinajstić information content (AvgIpc) is 2.92. The summed E-state index contributed by atoms with van der Waals surface area (Å²) in [7, 11) is 1.53. The summed E-state index contributed by atoms with van der Waals surface area (Å²) in [6.07, 6.45) is 0. The van der Waals surface area contributed by atoms with Gasteiger partial charge in [-0.25, -0.2) is 0 Å². The van der Waals surface area contributed by atoms with Gasteiger partial charge in [0.05, 0.1) is 12.8 Å². The Morgan fingerprint density at radius 2 is 1.59 bits per heavy atom. The van der Waals surface area contributed by atoms with Crippen molar-refractivity contribution in [1.29, 1.82) is 0 Å². The summed E-state index contributed by atoms with van der Waals surface area (Å²) in [4.78, 5) is 26.7. The summed E-state index contributed by atoms with van der Waals surface area (Å²) in [5, 5.41) is 5.71. The molecule has 4 rings (SSSR count). The predicted octanol–water partition coefficient (Wildman–Crippen LogP) is 6.84. The van der Waals surface area contributed by atoms with E-state index in [1.165, 1.54) is 18.9 Å². The number of carbonyl (C=O) groups is 2. The van der Waals surface area contributed by atoms with E-state index in [4.69, 9.17) is 21.1 Å². The fourth-order valence-corrected chi connectivity index (χ4v) is 4.78. The molecule has 0 spiro atoms. The number of nitrogens with one attached hydrogen (secondary N) is 2. The molecule has 0 heterocycles. The number of ether oxygens (including phenoxy) is 2. The monoisotopic (exact) mass is 532 g/mol. The molecule has 2 N–H and O–H groups in total. The Balaban J connectivity index is 1.48. The van der Waals surface area contributed by atoms with Crippen molar-refractivity contribution in [2.75, 3.05) is 24.4 Å². The van der Waals surface area contributed by atoms with Gasteiger partial charge in [-0.1, -0.05) is 66.2 Å². The van der Waals surface area contributed by atoms with Gasteiger partial charge in [0.2, 0.25) is 5.91 Å². The minimum Gasteiger partial charge on any atom is -0.495 e. The lowest BCUT2D eigenvalue weighted by atomic mass is 10.1. The minimum atomic E-state index is -0.572. The molecule has 0 aliphatic carbocycles. The molecule has 2 amide bonds. The smallest absolute Gasteiger partial charge is 0.262 e. The molecule has 6 nitrogen and oxygen atoms in total. The van der Waals surface area contributed by atoms with Crippen LogP contribution in [0.15, 0.2) is 108 Å². The van der Waals surface area contributed by atoms with Crippen LogP contribution in [0.1, 0.15) is 10.8 Å². The quantitative estimate of drug-likeness (QED) is 0.219. The Hall–Kier alpha value is -3.94. The van der Waals surface area contributed by atoms with Gasteiger partial charge < -0.3 is 20.1 Å². The van der Waals surface area contributed by atoms with Crippen LogP contribution in [0.3, 0.4) is 0 Å². The standard InChI is InChI=1S/C29H25ClN2O4S/c1-35-26-16-15-21(30)17-25(26)32-29(34)28(20-9-4-2-5-10-20)37-24-14-8-11-22(18-24)31-27(33)19-36-23-12-6-3-7-13-23/h2-18,28H,19H2,1H3,(H,31,33)(H,32,34). The third-order valence-electron chi connectivity index (χ3n) is 5.24.